The highest BCUT2D eigenvalue weighted by Crippen LogP contribution is 2.38. The number of unbranched alkanes of at least 4 members (excludes halogenated alkanes) is 16. The van der Waals surface area contributed by atoms with E-state index in [0.29, 0.717) is 17.4 Å². The zero-order chi connectivity index (χ0) is 31.5. The van der Waals surface area contributed by atoms with Crippen molar-refractivity contribution in [3.05, 3.63) is 0 Å². The standard InChI is InChI=1S/C32H64NO8P/c1-6-8-10-12-14-15-16-17-19-21-23-25-32(35)41-30(29-40-42(36,37)39-27-26-33(3,4)5)28-38-31(34)24-22-20-18-13-11-9-7-2/h30H,6-29H2,1-5H3. The van der Waals surface area contributed by atoms with Crippen LogP contribution in [0.2, 0.25) is 0 Å². The van der Waals surface area contributed by atoms with E-state index >= 15 is 0 Å². The van der Waals surface area contributed by atoms with Gasteiger partial charge in [-0.3, -0.25) is 14.2 Å². The number of rotatable bonds is 30. The Bertz CT molecular complexity index is 713. The summed E-state index contributed by atoms with van der Waals surface area (Å²) in [7, 11) is 1.17. The van der Waals surface area contributed by atoms with Crippen LogP contribution in [-0.2, 0) is 32.7 Å². The van der Waals surface area contributed by atoms with Gasteiger partial charge in [-0.05, 0) is 12.8 Å². The Morgan fingerprint density at radius 3 is 1.52 bits per heavy atom. The Balaban J connectivity index is 4.49. The van der Waals surface area contributed by atoms with Gasteiger partial charge in [0.2, 0.25) is 0 Å². The molecule has 0 bridgehead atoms. The van der Waals surface area contributed by atoms with Crippen LogP contribution in [0.1, 0.15) is 142 Å². The van der Waals surface area contributed by atoms with Gasteiger partial charge in [-0.15, -0.1) is 0 Å². The average molecular weight is 622 g/mol. The number of quaternary nitrogens is 1. The van der Waals surface area contributed by atoms with Gasteiger partial charge in [-0.2, -0.15) is 0 Å². The molecule has 0 spiro atoms. The molecule has 0 aromatic rings. The average Bonchev–Trinajstić information content (AvgIpc) is 2.92. The number of phosphoric ester groups is 1. The second kappa shape index (κ2) is 26.4. The summed E-state index contributed by atoms with van der Waals surface area (Å²) in [5.74, 6) is -0.839. The summed E-state index contributed by atoms with van der Waals surface area (Å²) in [5, 5.41) is 0. The number of ether oxygens (including phenoxy) is 2. The van der Waals surface area contributed by atoms with Gasteiger partial charge in [0.25, 0.3) is 7.82 Å². The highest BCUT2D eigenvalue weighted by atomic mass is 31.2. The van der Waals surface area contributed by atoms with Crippen LogP contribution >= 0.6 is 7.82 Å². The molecular formula is C32H64NO8P. The predicted molar refractivity (Wildman–Crippen MR) is 167 cm³/mol. The first-order chi connectivity index (χ1) is 20.0. The smallest absolute Gasteiger partial charge is 0.306 e. The number of phosphoric acid groups is 1. The van der Waals surface area contributed by atoms with Crippen molar-refractivity contribution in [3.8, 4) is 0 Å². The van der Waals surface area contributed by atoms with Gasteiger partial charge in [-0.25, -0.2) is 0 Å². The van der Waals surface area contributed by atoms with E-state index in [4.69, 9.17) is 18.5 Å². The third-order valence-electron chi connectivity index (χ3n) is 7.13. The van der Waals surface area contributed by atoms with Crippen LogP contribution < -0.4 is 4.89 Å². The maximum atomic E-state index is 12.5. The van der Waals surface area contributed by atoms with Gasteiger partial charge in [0.05, 0.1) is 27.7 Å². The SMILES string of the molecule is CCCCCCCCCCCCCC(=O)OC(COC(=O)CCCCCCCCC)COP(=O)([O-])OCC[N+](C)(C)C. The van der Waals surface area contributed by atoms with Crippen molar-refractivity contribution in [3.63, 3.8) is 0 Å². The van der Waals surface area contributed by atoms with Crippen molar-refractivity contribution < 1.29 is 42.1 Å². The van der Waals surface area contributed by atoms with E-state index in [1.54, 1.807) is 0 Å². The lowest BCUT2D eigenvalue weighted by Crippen LogP contribution is -2.37. The number of nitrogens with zero attached hydrogens (tertiary/aromatic N) is 1. The second-order valence-electron chi connectivity index (χ2n) is 12.5. The summed E-state index contributed by atoms with van der Waals surface area (Å²) >= 11 is 0. The van der Waals surface area contributed by atoms with E-state index in [0.717, 1.165) is 32.1 Å². The molecule has 0 N–H and O–H groups in total. The number of carbonyl (C=O) groups excluding carboxylic acids is 2. The molecule has 250 valence electrons. The fourth-order valence-electron chi connectivity index (χ4n) is 4.42. The molecule has 0 aromatic carbocycles. The van der Waals surface area contributed by atoms with Crippen LogP contribution in [0.4, 0.5) is 0 Å². The minimum atomic E-state index is -4.60. The van der Waals surface area contributed by atoms with E-state index in [9.17, 15) is 19.0 Å². The van der Waals surface area contributed by atoms with Gasteiger partial charge < -0.3 is 27.9 Å². The van der Waals surface area contributed by atoms with Crippen molar-refractivity contribution in [2.45, 2.75) is 148 Å². The lowest BCUT2D eigenvalue weighted by Gasteiger charge is -2.28. The highest BCUT2D eigenvalue weighted by Gasteiger charge is 2.21. The summed E-state index contributed by atoms with van der Waals surface area (Å²) in [6.45, 7) is 4.15. The van der Waals surface area contributed by atoms with E-state index in [1.165, 1.54) is 77.0 Å². The Kier molecular flexibility index (Phi) is 25.8. The van der Waals surface area contributed by atoms with Crippen LogP contribution in [0, 0.1) is 0 Å². The fourth-order valence-corrected chi connectivity index (χ4v) is 5.15. The Hall–Kier alpha value is -0.990. The quantitative estimate of drug-likeness (QED) is 0.0351. The molecule has 0 radical (unpaired) electrons. The van der Waals surface area contributed by atoms with E-state index in [1.807, 2.05) is 21.1 Å². The summed E-state index contributed by atoms with van der Waals surface area (Å²) in [6.07, 6.45) is 20.0. The van der Waals surface area contributed by atoms with Crippen LogP contribution in [0.25, 0.3) is 0 Å². The molecule has 0 fully saturated rings. The fraction of sp³-hybridized carbons (Fsp3) is 0.938. The normalized spacial score (nSPS) is 14.0. The molecule has 42 heavy (non-hydrogen) atoms. The number of hydrogen-bond acceptors (Lipinski definition) is 8. The lowest BCUT2D eigenvalue weighted by atomic mass is 10.1. The number of carbonyl (C=O) groups is 2. The van der Waals surface area contributed by atoms with Crippen LogP contribution in [0.15, 0.2) is 0 Å². The molecule has 2 unspecified atom stereocenters. The number of esters is 2. The van der Waals surface area contributed by atoms with Crippen molar-refractivity contribution in [1.29, 1.82) is 0 Å². The summed E-state index contributed by atoms with van der Waals surface area (Å²) < 4.78 is 33.5. The van der Waals surface area contributed by atoms with E-state index in [2.05, 4.69) is 13.8 Å². The number of likely N-dealkylation sites (N-methyl/N-ethyl adjacent to an activating group) is 1. The van der Waals surface area contributed by atoms with Gasteiger partial charge in [0.15, 0.2) is 6.10 Å². The van der Waals surface area contributed by atoms with Crippen molar-refractivity contribution >= 4 is 19.8 Å². The minimum absolute atomic E-state index is 0.0268. The van der Waals surface area contributed by atoms with Gasteiger partial charge >= 0.3 is 11.9 Å². The summed E-state index contributed by atoms with van der Waals surface area (Å²) in [5.41, 5.74) is 0. The zero-order valence-corrected chi connectivity index (χ0v) is 28.6. The molecule has 0 saturated carbocycles. The van der Waals surface area contributed by atoms with Gasteiger partial charge in [0, 0.05) is 12.8 Å². The predicted octanol–water partition coefficient (Wildman–Crippen LogP) is 7.49. The third-order valence-corrected chi connectivity index (χ3v) is 8.09. The topological polar surface area (TPSA) is 111 Å². The molecule has 0 amide bonds. The molecule has 0 aliphatic rings. The molecule has 0 aromatic heterocycles. The van der Waals surface area contributed by atoms with Crippen LogP contribution in [0.5, 0.6) is 0 Å². The molecule has 9 nitrogen and oxygen atoms in total. The first kappa shape index (κ1) is 41.0. The Labute approximate surface area is 257 Å². The maximum absolute atomic E-state index is 12.5. The summed E-state index contributed by atoms with van der Waals surface area (Å²) in [4.78, 5) is 37.0. The second-order valence-corrected chi connectivity index (χ2v) is 14.0. The first-order valence-corrected chi connectivity index (χ1v) is 18.2. The monoisotopic (exact) mass is 621 g/mol. The molecule has 2 atom stereocenters. The minimum Gasteiger partial charge on any atom is -0.756 e. The highest BCUT2D eigenvalue weighted by molar-refractivity contribution is 7.45. The molecule has 0 aliphatic carbocycles. The van der Waals surface area contributed by atoms with E-state index < -0.39 is 26.5 Å². The van der Waals surface area contributed by atoms with Crippen LogP contribution in [0.3, 0.4) is 0 Å². The molecule has 10 heteroatoms. The first-order valence-electron chi connectivity index (χ1n) is 16.7. The Morgan fingerprint density at radius 2 is 1.07 bits per heavy atom. The van der Waals surface area contributed by atoms with Crippen LogP contribution in [-0.4, -0.2) is 70.0 Å². The molecule has 0 heterocycles. The largest absolute Gasteiger partial charge is 0.756 e. The third kappa shape index (κ3) is 29.1. The molecule has 0 rings (SSSR count). The van der Waals surface area contributed by atoms with Gasteiger partial charge in [-0.1, -0.05) is 117 Å². The molecule has 0 aliphatic heterocycles. The lowest BCUT2D eigenvalue weighted by molar-refractivity contribution is -0.870. The van der Waals surface area contributed by atoms with Crippen molar-refractivity contribution in [2.75, 3.05) is 47.5 Å². The van der Waals surface area contributed by atoms with Gasteiger partial charge in [0.1, 0.15) is 19.8 Å². The van der Waals surface area contributed by atoms with E-state index in [-0.39, 0.29) is 32.0 Å². The molecule has 0 saturated heterocycles. The Morgan fingerprint density at radius 1 is 0.643 bits per heavy atom. The van der Waals surface area contributed by atoms with Crippen molar-refractivity contribution in [2.24, 2.45) is 0 Å². The molecular weight excluding hydrogens is 557 g/mol. The van der Waals surface area contributed by atoms with Crippen molar-refractivity contribution in [1.82, 2.24) is 0 Å². The zero-order valence-electron chi connectivity index (χ0n) is 27.7. The number of hydrogen-bond donors (Lipinski definition) is 0. The summed E-state index contributed by atoms with van der Waals surface area (Å²) in [6, 6.07) is 0. The maximum Gasteiger partial charge on any atom is 0.306 e.